The number of rotatable bonds is 3. The molecule has 2 unspecified atom stereocenters. The SMILES string of the molecule is C=C1CCC1N=C1COCC(C)(c2cccc(-c3ccc4[nH]ccc4c3)c2)N1. The molecule has 4 nitrogen and oxygen atoms in total. The van der Waals surface area contributed by atoms with Gasteiger partial charge < -0.3 is 15.0 Å². The lowest BCUT2D eigenvalue weighted by Crippen LogP contribution is -2.53. The monoisotopic (exact) mass is 371 g/mol. The maximum atomic E-state index is 5.92. The van der Waals surface area contributed by atoms with Crippen molar-refractivity contribution in [1.82, 2.24) is 10.3 Å². The quantitative estimate of drug-likeness (QED) is 0.651. The average Bonchev–Trinajstić information content (AvgIpc) is 3.19. The Labute approximate surface area is 165 Å². The molecule has 2 aliphatic rings. The maximum Gasteiger partial charge on any atom is 0.124 e. The summed E-state index contributed by atoms with van der Waals surface area (Å²) in [5.41, 5.74) is 5.72. The van der Waals surface area contributed by atoms with Crippen molar-refractivity contribution in [3.63, 3.8) is 0 Å². The molecule has 142 valence electrons. The standard InChI is InChI=1S/C24H25N3O/c1-16-6-8-21(16)26-23-14-28-15-24(2,27-23)20-5-3-4-17(13-20)18-7-9-22-19(12-18)10-11-25-22/h3-5,7,9-13,21,25H,1,6,8,14-15H2,2H3,(H,26,27). The van der Waals surface area contributed by atoms with E-state index in [1.807, 2.05) is 6.20 Å². The third-order valence-electron chi connectivity index (χ3n) is 5.96. The lowest BCUT2D eigenvalue weighted by molar-refractivity contribution is 0.0847. The van der Waals surface area contributed by atoms with Gasteiger partial charge >= 0.3 is 0 Å². The van der Waals surface area contributed by atoms with Crippen LogP contribution in [0.4, 0.5) is 0 Å². The van der Waals surface area contributed by atoms with Gasteiger partial charge in [0.2, 0.25) is 0 Å². The van der Waals surface area contributed by atoms with E-state index in [1.165, 1.54) is 27.6 Å². The fraction of sp³-hybridized carbons (Fsp3) is 0.292. The molecule has 2 fully saturated rings. The average molecular weight is 371 g/mol. The van der Waals surface area contributed by atoms with E-state index in [4.69, 9.17) is 9.73 Å². The third-order valence-corrected chi connectivity index (χ3v) is 5.96. The number of aliphatic imine (C=N–C) groups is 1. The number of nitrogens with zero attached hydrogens (tertiary/aromatic N) is 1. The Bertz CT molecular complexity index is 1080. The predicted molar refractivity (Wildman–Crippen MR) is 115 cm³/mol. The third kappa shape index (κ3) is 3.04. The van der Waals surface area contributed by atoms with Crippen LogP contribution in [0.2, 0.25) is 0 Å². The number of ether oxygens (including phenoxy) is 1. The molecule has 2 aromatic carbocycles. The zero-order valence-electron chi connectivity index (χ0n) is 16.2. The van der Waals surface area contributed by atoms with E-state index < -0.39 is 0 Å². The van der Waals surface area contributed by atoms with Gasteiger partial charge in [-0.05, 0) is 66.1 Å². The summed E-state index contributed by atoms with van der Waals surface area (Å²) in [6, 6.07) is 17.6. The van der Waals surface area contributed by atoms with Crippen molar-refractivity contribution >= 4 is 16.7 Å². The fourth-order valence-electron chi connectivity index (χ4n) is 4.06. The number of hydrogen-bond donors (Lipinski definition) is 2. The van der Waals surface area contributed by atoms with E-state index >= 15 is 0 Å². The highest BCUT2D eigenvalue weighted by atomic mass is 16.5. The molecule has 2 heterocycles. The summed E-state index contributed by atoms with van der Waals surface area (Å²) >= 11 is 0. The van der Waals surface area contributed by atoms with Crippen molar-refractivity contribution in [1.29, 1.82) is 0 Å². The first-order valence-electron chi connectivity index (χ1n) is 9.89. The number of aromatic nitrogens is 1. The molecule has 3 aromatic rings. The van der Waals surface area contributed by atoms with Gasteiger partial charge in [-0.15, -0.1) is 0 Å². The van der Waals surface area contributed by atoms with Gasteiger partial charge in [0.15, 0.2) is 0 Å². The van der Waals surface area contributed by atoms with E-state index in [9.17, 15) is 0 Å². The molecule has 1 saturated carbocycles. The summed E-state index contributed by atoms with van der Waals surface area (Å²) < 4.78 is 5.92. The Morgan fingerprint density at radius 1 is 1.14 bits per heavy atom. The smallest absolute Gasteiger partial charge is 0.124 e. The molecular weight excluding hydrogens is 346 g/mol. The van der Waals surface area contributed by atoms with E-state index in [-0.39, 0.29) is 11.6 Å². The zero-order chi connectivity index (χ0) is 19.1. The van der Waals surface area contributed by atoms with Crippen LogP contribution in [0.15, 0.2) is 71.9 Å². The van der Waals surface area contributed by atoms with Crippen molar-refractivity contribution in [3.8, 4) is 11.1 Å². The van der Waals surface area contributed by atoms with Gasteiger partial charge in [-0.2, -0.15) is 0 Å². The van der Waals surface area contributed by atoms with Crippen LogP contribution in [0.25, 0.3) is 22.0 Å². The molecule has 4 heteroatoms. The molecule has 0 amide bonds. The van der Waals surface area contributed by atoms with Crippen LogP contribution in [0.3, 0.4) is 0 Å². The summed E-state index contributed by atoms with van der Waals surface area (Å²) in [5.74, 6) is 0.929. The van der Waals surface area contributed by atoms with E-state index in [1.54, 1.807) is 0 Å². The van der Waals surface area contributed by atoms with E-state index in [0.717, 1.165) is 24.2 Å². The summed E-state index contributed by atoms with van der Waals surface area (Å²) in [6.45, 7) is 7.44. The van der Waals surface area contributed by atoms with E-state index in [0.29, 0.717) is 13.2 Å². The summed E-state index contributed by atoms with van der Waals surface area (Å²) in [7, 11) is 0. The van der Waals surface area contributed by atoms with Crippen molar-refractivity contribution in [2.24, 2.45) is 4.99 Å². The molecule has 1 aliphatic heterocycles. The largest absolute Gasteiger partial charge is 0.371 e. The Kier molecular flexibility index (Phi) is 4.09. The van der Waals surface area contributed by atoms with Gasteiger partial charge in [0.25, 0.3) is 0 Å². The van der Waals surface area contributed by atoms with Crippen LogP contribution in [0.5, 0.6) is 0 Å². The second kappa shape index (κ2) is 6.64. The molecular formula is C24H25N3O. The molecule has 1 saturated heterocycles. The second-order valence-corrected chi connectivity index (χ2v) is 8.10. The predicted octanol–water partition coefficient (Wildman–Crippen LogP) is 4.79. The van der Waals surface area contributed by atoms with Crippen molar-refractivity contribution < 1.29 is 4.74 Å². The van der Waals surface area contributed by atoms with Crippen molar-refractivity contribution in [2.45, 2.75) is 31.3 Å². The van der Waals surface area contributed by atoms with Crippen LogP contribution in [0, 0.1) is 0 Å². The second-order valence-electron chi connectivity index (χ2n) is 8.10. The number of aromatic amines is 1. The highest BCUT2D eigenvalue weighted by molar-refractivity contribution is 5.86. The molecule has 1 aliphatic carbocycles. The van der Waals surface area contributed by atoms with Gasteiger partial charge in [0, 0.05) is 11.7 Å². The highest BCUT2D eigenvalue weighted by Gasteiger charge is 2.33. The highest BCUT2D eigenvalue weighted by Crippen LogP contribution is 2.31. The Balaban J connectivity index is 1.45. The molecule has 0 radical (unpaired) electrons. The number of morpholine rings is 1. The Morgan fingerprint density at radius 3 is 2.86 bits per heavy atom. The number of H-pyrrole nitrogens is 1. The molecule has 5 rings (SSSR count). The Morgan fingerprint density at radius 2 is 2.04 bits per heavy atom. The molecule has 28 heavy (non-hydrogen) atoms. The minimum Gasteiger partial charge on any atom is -0.371 e. The first kappa shape index (κ1) is 17.3. The van der Waals surface area contributed by atoms with Gasteiger partial charge in [-0.1, -0.05) is 36.4 Å². The lowest BCUT2D eigenvalue weighted by Gasteiger charge is -2.38. The number of hydrogen-bond acceptors (Lipinski definition) is 2. The minimum absolute atomic E-state index is 0.257. The number of fused-ring (bicyclic) bond motifs is 1. The lowest BCUT2D eigenvalue weighted by atomic mass is 9.87. The van der Waals surface area contributed by atoms with Crippen molar-refractivity contribution in [3.05, 3.63) is 72.4 Å². The number of nitrogens with one attached hydrogen (secondary N) is 2. The van der Waals surface area contributed by atoms with Gasteiger partial charge in [-0.25, -0.2) is 0 Å². The van der Waals surface area contributed by atoms with Crippen molar-refractivity contribution in [2.75, 3.05) is 13.2 Å². The summed E-state index contributed by atoms with van der Waals surface area (Å²) in [4.78, 5) is 8.08. The number of benzene rings is 2. The zero-order valence-corrected chi connectivity index (χ0v) is 16.2. The van der Waals surface area contributed by atoms with Crippen LogP contribution in [-0.2, 0) is 10.3 Å². The number of amidine groups is 1. The minimum atomic E-state index is -0.295. The first-order chi connectivity index (χ1) is 13.6. The van der Waals surface area contributed by atoms with Crippen LogP contribution >= 0.6 is 0 Å². The van der Waals surface area contributed by atoms with Gasteiger partial charge in [-0.3, -0.25) is 4.99 Å². The van der Waals surface area contributed by atoms with Gasteiger partial charge in [0.1, 0.15) is 12.4 Å². The molecule has 1 aromatic heterocycles. The van der Waals surface area contributed by atoms with Crippen LogP contribution in [0.1, 0.15) is 25.3 Å². The van der Waals surface area contributed by atoms with Gasteiger partial charge in [0.05, 0.1) is 18.2 Å². The fourth-order valence-corrected chi connectivity index (χ4v) is 4.06. The molecule has 0 bridgehead atoms. The molecule has 2 atom stereocenters. The van der Waals surface area contributed by atoms with E-state index in [2.05, 4.69) is 72.3 Å². The topological polar surface area (TPSA) is 49.4 Å². The summed E-state index contributed by atoms with van der Waals surface area (Å²) in [6.07, 6.45) is 4.16. The first-order valence-corrected chi connectivity index (χ1v) is 9.89. The van der Waals surface area contributed by atoms with Crippen LogP contribution in [-0.4, -0.2) is 30.1 Å². The Hall–Kier alpha value is -2.85. The normalized spacial score (nSPS) is 26.2. The summed E-state index contributed by atoms with van der Waals surface area (Å²) in [5, 5.41) is 4.87. The maximum absolute atomic E-state index is 5.92. The molecule has 0 spiro atoms. The molecule has 2 N–H and O–H groups in total. The van der Waals surface area contributed by atoms with Crippen LogP contribution < -0.4 is 5.32 Å².